The molecule has 0 amide bonds. The van der Waals surface area contributed by atoms with Gasteiger partial charge in [-0.3, -0.25) is 0 Å². The van der Waals surface area contributed by atoms with E-state index < -0.39 is 0 Å². The van der Waals surface area contributed by atoms with Crippen molar-refractivity contribution in [1.82, 2.24) is 0 Å². The molecular formula is C11H14N2O3. The van der Waals surface area contributed by atoms with Crippen molar-refractivity contribution < 1.29 is 9.47 Å². The van der Waals surface area contributed by atoms with Crippen LogP contribution in [0.1, 0.15) is 0 Å². The summed E-state index contributed by atoms with van der Waals surface area (Å²) >= 11 is 0. The van der Waals surface area contributed by atoms with Crippen molar-refractivity contribution in [2.24, 2.45) is 5.18 Å². The second-order valence-corrected chi connectivity index (χ2v) is 3.55. The molecule has 1 aliphatic heterocycles. The van der Waals surface area contributed by atoms with Crippen molar-refractivity contribution in [3.05, 3.63) is 23.1 Å². The molecule has 5 heteroatoms. The first kappa shape index (κ1) is 10.9. The Bertz CT molecular complexity index is 375. The van der Waals surface area contributed by atoms with Crippen LogP contribution in [0.15, 0.2) is 23.4 Å². The predicted octanol–water partition coefficient (Wildman–Crippen LogP) is 1.93. The maximum absolute atomic E-state index is 10.6. The van der Waals surface area contributed by atoms with Crippen molar-refractivity contribution in [2.75, 3.05) is 38.3 Å². The lowest BCUT2D eigenvalue weighted by Gasteiger charge is -2.29. The Morgan fingerprint density at radius 1 is 1.38 bits per heavy atom. The lowest BCUT2D eigenvalue weighted by Crippen LogP contribution is -2.36. The summed E-state index contributed by atoms with van der Waals surface area (Å²) in [7, 11) is 1.53. The minimum Gasteiger partial charge on any atom is -0.494 e. The zero-order chi connectivity index (χ0) is 11.4. The average molecular weight is 222 g/mol. The number of morpholine rings is 1. The van der Waals surface area contributed by atoms with E-state index >= 15 is 0 Å². The van der Waals surface area contributed by atoms with Crippen LogP contribution in [0.3, 0.4) is 0 Å². The van der Waals surface area contributed by atoms with Crippen molar-refractivity contribution in [3.63, 3.8) is 0 Å². The Morgan fingerprint density at radius 3 is 2.75 bits per heavy atom. The van der Waals surface area contributed by atoms with Crippen LogP contribution in [-0.4, -0.2) is 33.4 Å². The monoisotopic (exact) mass is 222 g/mol. The van der Waals surface area contributed by atoms with Gasteiger partial charge >= 0.3 is 0 Å². The fourth-order valence-corrected chi connectivity index (χ4v) is 1.77. The standard InChI is InChI=1S/C11H14N2O3/c1-15-11-3-2-9(8-10(11)12-14)13-4-6-16-7-5-13/h2-3,8H,4-7H2,1H3. The van der Waals surface area contributed by atoms with E-state index in [0.717, 1.165) is 32.0 Å². The summed E-state index contributed by atoms with van der Waals surface area (Å²) in [4.78, 5) is 12.8. The fourth-order valence-electron chi connectivity index (χ4n) is 1.77. The van der Waals surface area contributed by atoms with Crippen molar-refractivity contribution in [1.29, 1.82) is 0 Å². The Kier molecular flexibility index (Phi) is 3.36. The zero-order valence-electron chi connectivity index (χ0n) is 9.18. The van der Waals surface area contributed by atoms with E-state index in [9.17, 15) is 4.91 Å². The van der Waals surface area contributed by atoms with Crippen LogP contribution < -0.4 is 9.64 Å². The summed E-state index contributed by atoms with van der Waals surface area (Å²) in [5.41, 5.74) is 1.32. The van der Waals surface area contributed by atoms with Crippen LogP contribution >= 0.6 is 0 Å². The van der Waals surface area contributed by atoms with Gasteiger partial charge in [-0.2, -0.15) is 0 Å². The third-order valence-corrected chi connectivity index (χ3v) is 2.64. The lowest BCUT2D eigenvalue weighted by molar-refractivity contribution is 0.122. The Morgan fingerprint density at radius 2 is 2.12 bits per heavy atom. The van der Waals surface area contributed by atoms with Crippen LogP contribution in [0.4, 0.5) is 11.4 Å². The van der Waals surface area contributed by atoms with E-state index in [1.807, 2.05) is 6.07 Å². The quantitative estimate of drug-likeness (QED) is 0.733. The Balaban J connectivity index is 2.24. The molecule has 0 spiro atoms. The molecule has 1 aliphatic rings. The molecule has 0 unspecified atom stereocenters. The van der Waals surface area contributed by atoms with Crippen LogP contribution in [0.2, 0.25) is 0 Å². The molecule has 16 heavy (non-hydrogen) atoms. The van der Waals surface area contributed by atoms with Gasteiger partial charge in [0.15, 0.2) is 5.69 Å². The van der Waals surface area contributed by atoms with E-state index in [4.69, 9.17) is 9.47 Å². The second-order valence-electron chi connectivity index (χ2n) is 3.55. The highest BCUT2D eigenvalue weighted by atomic mass is 16.5. The minimum absolute atomic E-state index is 0.339. The number of hydrogen-bond acceptors (Lipinski definition) is 5. The molecule has 86 valence electrons. The van der Waals surface area contributed by atoms with Crippen molar-refractivity contribution in [3.8, 4) is 5.75 Å². The summed E-state index contributed by atoms with van der Waals surface area (Å²) < 4.78 is 10.3. The van der Waals surface area contributed by atoms with Gasteiger partial charge in [0.05, 0.1) is 20.3 Å². The van der Waals surface area contributed by atoms with E-state index in [1.165, 1.54) is 7.11 Å². The van der Waals surface area contributed by atoms with Gasteiger partial charge in [0.25, 0.3) is 0 Å². The van der Waals surface area contributed by atoms with Gasteiger partial charge in [-0.05, 0) is 23.4 Å². The topological polar surface area (TPSA) is 51.1 Å². The van der Waals surface area contributed by atoms with E-state index in [0.29, 0.717) is 11.4 Å². The molecular weight excluding hydrogens is 208 g/mol. The number of methoxy groups -OCH3 is 1. The van der Waals surface area contributed by atoms with E-state index in [1.54, 1.807) is 12.1 Å². The van der Waals surface area contributed by atoms with Gasteiger partial charge in [0.2, 0.25) is 0 Å². The molecule has 1 fully saturated rings. The van der Waals surface area contributed by atoms with Gasteiger partial charge < -0.3 is 14.4 Å². The second kappa shape index (κ2) is 4.94. The third-order valence-electron chi connectivity index (χ3n) is 2.64. The Labute approximate surface area is 93.9 Å². The number of benzene rings is 1. The molecule has 0 radical (unpaired) electrons. The van der Waals surface area contributed by atoms with Crippen LogP contribution in [0, 0.1) is 4.91 Å². The molecule has 0 bridgehead atoms. The van der Waals surface area contributed by atoms with Crippen molar-refractivity contribution in [2.45, 2.75) is 0 Å². The smallest absolute Gasteiger partial charge is 0.151 e. The molecule has 1 saturated heterocycles. The highest BCUT2D eigenvalue weighted by molar-refractivity contribution is 5.62. The van der Waals surface area contributed by atoms with Crippen LogP contribution in [0.25, 0.3) is 0 Å². The lowest BCUT2D eigenvalue weighted by atomic mass is 10.2. The Hall–Kier alpha value is -1.62. The summed E-state index contributed by atoms with van der Waals surface area (Å²) in [6, 6.07) is 5.44. The van der Waals surface area contributed by atoms with Gasteiger partial charge in [-0.25, -0.2) is 0 Å². The number of rotatable bonds is 3. The van der Waals surface area contributed by atoms with E-state index in [2.05, 4.69) is 10.1 Å². The third kappa shape index (κ3) is 2.14. The van der Waals surface area contributed by atoms with Crippen molar-refractivity contribution >= 4 is 11.4 Å². The highest BCUT2D eigenvalue weighted by Gasteiger charge is 2.13. The predicted molar refractivity (Wildman–Crippen MR) is 61.5 cm³/mol. The largest absolute Gasteiger partial charge is 0.494 e. The molecule has 2 rings (SSSR count). The molecule has 1 aromatic carbocycles. The summed E-state index contributed by atoms with van der Waals surface area (Å²) in [6.07, 6.45) is 0. The number of ether oxygens (including phenoxy) is 2. The van der Waals surface area contributed by atoms with Gasteiger partial charge in [-0.1, -0.05) is 0 Å². The zero-order valence-corrected chi connectivity index (χ0v) is 9.18. The number of hydrogen-bond donors (Lipinski definition) is 0. The molecule has 0 aliphatic carbocycles. The first-order valence-electron chi connectivity index (χ1n) is 5.19. The first-order valence-corrected chi connectivity index (χ1v) is 5.19. The van der Waals surface area contributed by atoms with Gasteiger partial charge in [0.1, 0.15) is 5.75 Å². The molecule has 1 heterocycles. The van der Waals surface area contributed by atoms with Gasteiger partial charge in [0, 0.05) is 18.8 Å². The molecule has 0 aromatic heterocycles. The first-order chi connectivity index (χ1) is 7.85. The van der Waals surface area contributed by atoms with E-state index in [-0.39, 0.29) is 0 Å². The summed E-state index contributed by atoms with van der Waals surface area (Å²) in [6.45, 7) is 3.11. The molecule has 0 atom stereocenters. The number of anilines is 1. The maximum atomic E-state index is 10.6. The van der Waals surface area contributed by atoms with Crippen LogP contribution in [-0.2, 0) is 4.74 Å². The molecule has 1 aromatic rings. The minimum atomic E-state index is 0.339. The normalized spacial score (nSPS) is 15.9. The van der Waals surface area contributed by atoms with Gasteiger partial charge in [-0.15, -0.1) is 4.91 Å². The number of nitroso groups, excluding NO2 is 1. The van der Waals surface area contributed by atoms with Crippen LogP contribution in [0.5, 0.6) is 5.75 Å². The SMILES string of the molecule is COc1ccc(N2CCOCC2)cc1N=O. The fraction of sp³-hybridized carbons (Fsp3) is 0.455. The maximum Gasteiger partial charge on any atom is 0.151 e. The highest BCUT2D eigenvalue weighted by Crippen LogP contribution is 2.31. The molecule has 5 nitrogen and oxygen atoms in total. The molecule has 0 saturated carbocycles. The summed E-state index contributed by atoms with van der Waals surface area (Å²) in [5.74, 6) is 0.506. The molecule has 0 N–H and O–H groups in total. The average Bonchev–Trinajstić information content (AvgIpc) is 2.39. The summed E-state index contributed by atoms with van der Waals surface area (Å²) in [5, 5.41) is 2.96. The number of nitrogens with zero attached hydrogens (tertiary/aromatic N) is 2.